The molecular formula is C24H19N3O2. The molecule has 5 nitrogen and oxygen atoms in total. The molecule has 29 heavy (non-hydrogen) atoms. The lowest BCUT2D eigenvalue weighted by atomic mass is 9.84. The standard InChI is InChI=1S/C24H19N3O2/c1-26-15-20(17-9-3-6-12-22(17)26)24(18-10-4-7-13-23(18)27(28)29)19-14-25-21-11-5-2-8-16(19)21/h2-15,24-25H,1H3. The van der Waals surface area contributed by atoms with Crippen molar-refractivity contribution in [1.82, 2.24) is 9.55 Å². The van der Waals surface area contributed by atoms with Crippen molar-refractivity contribution in [2.75, 3.05) is 0 Å². The van der Waals surface area contributed by atoms with Crippen LogP contribution in [0, 0.1) is 10.1 Å². The number of nitrogens with one attached hydrogen (secondary N) is 1. The molecule has 0 amide bonds. The Labute approximate surface area is 167 Å². The molecule has 2 heterocycles. The second kappa shape index (κ2) is 6.63. The molecule has 2 aromatic heterocycles. The minimum atomic E-state index is -0.289. The number of H-pyrrole nitrogens is 1. The zero-order chi connectivity index (χ0) is 20.0. The number of fused-ring (bicyclic) bond motifs is 2. The number of aromatic nitrogens is 2. The van der Waals surface area contributed by atoms with Crippen LogP contribution in [0.1, 0.15) is 22.6 Å². The van der Waals surface area contributed by atoms with Gasteiger partial charge in [0.05, 0.1) is 4.92 Å². The van der Waals surface area contributed by atoms with E-state index in [2.05, 4.69) is 33.9 Å². The van der Waals surface area contributed by atoms with Gasteiger partial charge in [-0.1, -0.05) is 54.6 Å². The molecule has 0 saturated heterocycles. The molecule has 0 aliphatic heterocycles. The second-order valence-electron chi connectivity index (χ2n) is 7.25. The first-order valence-corrected chi connectivity index (χ1v) is 9.48. The lowest BCUT2D eigenvalue weighted by molar-refractivity contribution is -0.385. The normalized spacial score (nSPS) is 12.4. The number of nitro benzene ring substituents is 1. The number of nitrogens with zero attached hydrogens (tertiary/aromatic N) is 2. The average molecular weight is 381 g/mol. The van der Waals surface area contributed by atoms with Crippen LogP contribution < -0.4 is 0 Å². The van der Waals surface area contributed by atoms with Crippen molar-refractivity contribution in [2.24, 2.45) is 7.05 Å². The first-order chi connectivity index (χ1) is 14.1. The number of para-hydroxylation sites is 3. The molecule has 0 fully saturated rings. The maximum atomic E-state index is 11.9. The highest BCUT2D eigenvalue weighted by molar-refractivity contribution is 5.89. The van der Waals surface area contributed by atoms with Crippen LogP contribution in [-0.4, -0.2) is 14.5 Å². The summed E-state index contributed by atoms with van der Waals surface area (Å²) in [7, 11) is 2.01. The molecule has 3 aromatic carbocycles. The van der Waals surface area contributed by atoms with Gasteiger partial charge in [0, 0.05) is 58.8 Å². The summed E-state index contributed by atoms with van der Waals surface area (Å²) in [6.45, 7) is 0. The van der Waals surface area contributed by atoms with Crippen molar-refractivity contribution in [1.29, 1.82) is 0 Å². The Bertz CT molecular complexity index is 1360. The SMILES string of the molecule is Cn1cc(C(c2ccccc2[N+](=O)[O-])c2c[nH]c3ccccc23)c2ccccc21. The van der Waals surface area contributed by atoms with Crippen molar-refractivity contribution in [3.8, 4) is 0 Å². The molecule has 5 heteroatoms. The van der Waals surface area contributed by atoms with E-state index in [9.17, 15) is 10.1 Å². The summed E-state index contributed by atoms with van der Waals surface area (Å²) < 4.78 is 2.08. The fourth-order valence-electron chi connectivity index (χ4n) is 4.34. The zero-order valence-corrected chi connectivity index (χ0v) is 15.9. The lowest BCUT2D eigenvalue weighted by Gasteiger charge is -2.17. The highest BCUT2D eigenvalue weighted by atomic mass is 16.6. The summed E-state index contributed by atoms with van der Waals surface area (Å²) in [6.07, 6.45) is 4.07. The van der Waals surface area contributed by atoms with Crippen LogP contribution in [0.4, 0.5) is 5.69 Å². The average Bonchev–Trinajstić information content (AvgIpc) is 3.31. The van der Waals surface area contributed by atoms with Gasteiger partial charge in [0.25, 0.3) is 5.69 Å². The first-order valence-electron chi connectivity index (χ1n) is 9.48. The molecule has 0 aliphatic carbocycles. The topological polar surface area (TPSA) is 63.9 Å². The number of hydrogen-bond acceptors (Lipinski definition) is 2. The van der Waals surface area contributed by atoms with Gasteiger partial charge in [0.1, 0.15) is 0 Å². The van der Waals surface area contributed by atoms with Crippen LogP contribution in [0.15, 0.2) is 85.2 Å². The monoisotopic (exact) mass is 381 g/mol. The molecule has 5 rings (SSSR count). The fourth-order valence-corrected chi connectivity index (χ4v) is 4.34. The van der Waals surface area contributed by atoms with Gasteiger partial charge in [0.2, 0.25) is 0 Å². The van der Waals surface area contributed by atoms with Gasteiger partial charge in [-0.25, -0.2) is 0 Å². The molecule has 142 valence electrons. The van der Waals surface area contributed by atoms with E-state index in [1.807, 2.05) is 55.7 Å². The smallest absolute Gasteiger partial charge is 0.273 e. The van der Waals surface area contributed by atoms with E-state index in [1.54, 1.807) is 12.1 Å². The molecule has 0 radical (unpaired) electrons. The number of nitro groups is 1. The van der Waals surface area contributed by atoms with Gasteiger partial charge >= 0.3 is 0 Å². The summed E-state index contributed by atoms with van der Waals surface area (Å²) in [5.41, 5.74) is 5.04. The van der Waals surface area contributed by atoms with Crippen molar-refractivity contribution in [2.45, 2.75) is 5.92 Å². The number of hydrogen-bond donors (Lipinski definition) is 1. The Morgan fingerprint density at radius 3 is 2.38 bits per heavy atom. The Morgan fingerprint density at radius 2 is 1.55 bits per heavy atom. The molecule has 0 saturated carbocycles. The van der Waals surface area contributed by atoms with E-state index in [1.165, 1.54) is 0 Å². The molecule has 0 bridgehead atoms. The maximum Gasteiger partial charge on any atom is 0.273 e. The van der Waals surface area contributed by atoms with Crippen molar-refractivity contribution >= 4 is 27.5 Å². The van der Waals surface area contributed by atoms with E-state index in [0.717, 1.165) is 32.9 Å². The second-order valence-corrected chi connectivity index (χ2v) is 7.25. The van der Waals surface area contributed by atoms with E-state index in [4.69, 9.17) is 0 Å². The zero-order valence-electron chi connectivity index (χ0n) is 15.9. The quantitative estimate of drug-likeness (QED) is 0.318. The number of aryl methyl sites for hydroxylation is 1. The Morgan fingerprint density at radius 1 is 0.862 bits per heavy atom. The van der Waals surface area contributed by atoms with Crippen LogP contribution in [0.25, 0.3) is 21.8 Å². The fraction of sp³-hybridized carbons (Fsp3) is 0.0833. The van der Waals surface area contributed by atoms with E-state index in [0.29, 0.717) is 5.56 Å². The predicted molar refractivity (Wildman–Crippen MR) is 115 cm³/mol. The molecule has 0 aliphatic rings. The van der Waals surface area contributed by atoms with Gasteiger partial charge in [-0.2, -0.15) is 0 Å². The summed E-state index contributed by atoms with van der Waals surface area (Å²) in [5, 5.41) is 14.0. The van der Waals surface area contributed by atoms with Crippen molar-refractivity contribution < 1.29 is 4.92 Å². The van der Waals surface area contributed by atoms with Crippen LogP contribution >= 0.6 is 0 Å². The van der Waals surface area contributed by atoms with Crippen LogP contribution in [0.2, 0.25) is 0 Å². The van der Waals surface area contributed by atoms with Crippen LogP contribution in [-0.2, 0) is 7.05 Å². The molecular weight excluding hydrogens is 362 g/mol. The first kappa shape index (κ1) is 17.3. The molecule has 1 N–H and O–H groups in total. The number of aromatic amines is 1. The third-order valence-corrected chi connectivity index (χ3v) is 5.62. The third-order valence-electron chi connectivity index (χ3n) is 5.62. The Balaban J connectivity index is 1.87. The minimum absolute atomic E-state index is 0.135. The Kier molecular flexibility index (Phi) is 3.95. The summed E-state index contributed by atoms with van der Waals surface area (Å²) in [4.78, 5) is 14.9. The van der Waals surface area contributed by atoms with Crippen molar-refractivity contribution in [3.63, 3.8) is 0 Å². The van der Waals surface area contributed by atoms with Crippen LogP contribution in [0.3, 0.4) is 0 Å². The summed E-state index contributed by atoms with van der Waals surface area (Å²) >= 11 is 0. The molecule has 5 aromatic rings. The number of rotatable bonds is 4. The molecule has 0 spiro atoms. The summed E-state index contributed by atoms with van der Waals surface area (Å²) in [6, 6.07) is 23.3. The highest BCUT2D eigenvalue weighted by Gasteiger charge is 2.29. The lowest BCUT2D eigenvalue weighted by Crippen LogP contribution is -2.06. The van der Waals surface area contributed by atoms with Crippen LogP contribution in [0.5, 0.6) is 0 Å². The van der Waals surface area contributed by atoms with Gasteiger partial charge in [-0.15, -0.1) is 0 Å². The Hall–Kier alpha value is -3.86. The highest BCUT2D eigenvalue weighted by Crippen LogP contribution is 2.42. The van der Waals surface area contributed by atoms with Gasteiger partial charge < -0.3 is 9.55 Å². The maximum absolute atomic E-state index is 11.9. The van der Waals surface area contributed by atoms with Crippen molar-refractivity contribution in [3.05, 3.63) is 112 Å². The van der Waals surface area contributed by atoms with E-state index in [-0.39, 0.29) is 16.5 Å². The van der Waals surface area contributed by atoms with E-state index >= 15 is 0 Å². The summed E-state index contributed by atoms with van der Waals surface area (Å²) in [5.74, 6) is -0.265. The molecule has 1 atom stereocenters. The van der Waals surface area contributed by atoms with Gasteiger partial charge in [0.15, 0.2) is 0 Å². The third kappa shape index (κ3) is 2.70. The minimum Gasteiger partial charge on any atom is -0.361 e. The van der Waals surface area contributed by atoms with Gasteiger partial charge in [-0.3, -0.25) is 10.1 Å². The molecule has 1 unspecified atom stereocenters. The predicted octanol–water partition coefficient (Wildman–Crippen LogP) is 5.75. The van der Waals surface area contributed by atoms with Gasteiger partial charge in [-0.05, 0) is 23.3 Å². The largest absolute Gasteiger partial charge is 0.361 e. The van der Waals surface area contributed by atoms with E-state index < -0.39 is 0 Å². The number of benzene rings is 3.